The van der Waals surface area contributed by atoms with Crippen LogP contribution in [0.2, 0.25) is 0 Å². The maximum atomic E-state index is 12.6. The molecule has 0 aromatic rings. The Labute approximate surface area is 290 Å². The van der Waals surface area contributed by atoms with Crippen LogP contribution in [-0.2, 0) is 28.0 Å². The van der Waals surface area contributed by atoms with Crippen molar-refractivity contribution in [1.82, 2.24) is 5.32 Å². The summed E-state index contributed by atoms with van der Waals surface area (Å²) in [5, 5.41) is 2.89. The number of hydrogen-bond donors (Lipinski definition) is 3. The zero-order valence-electron chi connectivity index (χ0n) is 30.5. The second kappa shape index (κ2) is 18.5. The van der Waals surface area contributed by atoms with Gasteiger partial charge in [0.15, 0.2) is 0 Å². The lowest BCUT2D eigenvalue weighted by atomic mass is 9.47. The van der Waals surface area contributed by atoms with Gasteiger partial charge in [0.1, 0.15) is 6.10 Å². The van der Waals surface area contributed by atoms with Crippen LogP contribution in [0.5, 0.6) is 0 Å². The largest absolute Gasteiger partial charge is 0.469 e. The molecule has 0 saturated heterocycles. The summed E-state index contributed by atoms with van der Waals surface area (Å²) in [6.45, 7) is 14.9. The summed E-state index contributed by atoms with van der Waals surface area (Å²) in [5.41, 5.74) is 2.30. The molecule has 0 spiro atoms. The number of nitrogens with one attached hydrogen (secondary N) is 1. The minimum absolute atomic E-state index is 0.0479. The Morgan fingerprint density at radius 3 is 2.27 bits per heavy atom. The molecule has 11 heteroatoms. The molecular formula is C37H66NO9P. The molecule has 4 aliphatic rings. The molecule has 48 heavy (non-hydrogen) atoms. The van der Waals surface area contributed by atoms with Crippen LogP contribution in [0.1, 0.15) is 112 Å². The zero-order valence-corrected chi connectivity index (χ0v) is 31.4. The number of amides is 1. The van der Waals surface area contributed by atoms with Gasteiger partial charge >= 0.3 is 13.9 Å². The second-order valence-electron chi connectivity index (χ2n) is 16.0. The van der Waals surface area contributed by atoms with Crippen molar-refractivity contribution in [2.45, 2.75) is 118 Å². The second-order valence-corrected chi connectivity index (χ2v) is 17.2. The lowest BCUT2D eigenvalue weighted by molar-refractivity contribution is -0.0581. The van der Waals surface area contributed by atoms with E-state index in [9.17, 15) is 9.36 Å². The van der Waals surface area contributed by atoms with E-state index in [0.29, 0.717) is 51.4 Å². The highest BCUT2D eigenvalue weighted by molar-refractivity contribution is 7.46. The summed E-state index contributed by atoms with van der Waals surface area (Å²) in [5.74, 6) is 4.96. The van der Waals surface area contributed by atoms with Gasteiger partial charge in [-0.05, 0) is 97.7 Å². The summed E-state index contributed by atoms with van der Waals surface area (Å²) >= 11 is 0. The van der Waals surface area contributed by atoms with Crippen molar-refractivity contribution in [3.63, 3.8) is 0 Å². The smallest absolute Gasteiger partial charge is 0.446 e. The molecule has 278 valence electrons. The number of carbonyl (C=O) groups excluding carboxylic acids is 1. The third-order valence-corrected chi connectivity index (χ3v) is 13.0. The molecular weight excluding hydrogens is 633 g/mol. The van der Waals surface area contributed by atoms with Crippen LogP contribution in [-0.4, -0.2) is 74.8 Å². The number of hydrogen-bond acceptors (Lipinski definition) is 7. The molecule has 3 fully saturated rings. The van der Waals surface area contributed by atoms with E-state index in [4.69, 9.17) is 28.7 Å². The van der Waals surface area contributed by atoms with Crippen molar-refractivity contribution in [2.75, 3.05) is 52.8 Å². The molecule has 3 N–H and O–H groups in total. The number of phosphoric ester groups is 1. The first-order chi connectivity index (χ1) is 22.8. The van der Waals surface area contributed by atoms with Crippen molar-refractivity contribution in [3.05, 3.63) is 11.6 Å². The van der Waals surface area contributed by atoms with Gasteiger partial charge in [-0.25, -0.2) is 9.36 Å². The summed E-state index contributed by atoms with van der Waals surface area (Å²) in [6.07, 6.45) is 16.7. The SMILES string of the molecule is CC(C)CCCC(C)C1CCC2C3CC=C4CC(OC(=O)NCCCOCCOCCOCCOP(=O)(O)O)CCC4(C)C3CCC12C. The zero-order chi connectivity index (χ0) is 34.8. The molecule has 10 nitrogen and oxygen atoms in total. The third kappa shape index (κ3) is 11.0. The van der Waals surface area contributed by atoms with Crippen LogP contribution in [0.25, 0.3) is 0 Å². The number of alkyl carbamates (subject to hydrolysis) is 1. The van der Waals surface area contributed by atoms with Crippen molar-refractivity contribution in [2.24, 2.45) is 46.3 Å². The van der Waals surface area contributed by atoms with E-state index in [2.05, 4.69) is 50.5 Å². The topological polar surface area (TPSA) is 133 Å². The number of phosphoric acid groups is 1. The van der Waals surface area contributed by atoms with Crippen LogP contribution in [0.15, 0.2) is 11.6 Å². The van der Waals surface area contributed by atoms with Gasteiger partial charge in [0.2, 0.25) is 0 Å². The molecule has 4 aliphatic carbocycles. The fourth-order valence-electron chi connectivity index (χ4n) is 10.1. The Morgan fingerprint density at radius 1 is 0.896 bits per heavy atom. The number of carbonyl (C=O) groups is 1. The molecule has 0 bridgehead atoms. The molecule has 8 unspecified atom stereocenters. The normalized spacial score (nSPS) is 32.2. The summed E-state index contributed by atoms with van der Waals surface area (Å²) in [4.78, 5) is 29.8. The van der Waals surface area contributed by atoms with Crippen LogP contribution in [0, 0.1) is 46.3 Å². The lowest BCUT2D eigenvalue weighted by Gasteiger charge is -2.58. The summed E-state index contributed by atoms with van der Waals surface area (Å²) in [6, 6.07) is 0. The molecule has 3 saturated carbocycles. The molecule has 0 heterocycles. The van der Waals surface area contributed by atoms with Crippen LogP contribution in [0.3, 0.4) is 0 Å². The van der Waals surface area contributed by atoms with Gasteiger partial charge in [0.25, 0.3) is 0 Å². The fourth-order valence-corrected chi connectivity index (χ4v) is 10.4. The maximum Gasteiger partial charge on any atom is 0.469 e. The molecule has 8 atom stereocenters. The maximum absolute atomic E-state index is 12.6. The molecule has 1 amide bonds. The number of allylic oxidation sites excluding steroid dienone is 1. The van der Waals surface area contributed by atoms with E-state index in [1.165, 1.54) is 51.4 Å². The highest BCUT2D eigenvalue weighted by atomic mass is 31.2. The molecule has 0 radical (unpaired) electrons. The van der Waals surface area contributed by atoms with E-state index in [1.54, 1.807) is 5.57 Å². The lowest BCUT2D eigenvalue weighted by Crippen LogP contribution is -2.51. The van der Waals surface area contributed by atoms with E-state index >= 15 is 0 Å². The minimum Gasteiger partial charge on any atom is -0.446 e. The Kier molecular flexibility index (Phi) is 15.3. The van der Waals surface area contributed by atoms with Crippen LogP contribution in [0.4, 0.5) is 4.79 Å². The summed E-state index contributed by atoms with van der Waals surface area (Å²) in [7, 11) is -4.45. The minimum atomic E-state index is -4.45. The number of ether oxygens (including phenoxy) is 4. The molecule has 0 aromatic carbocycles. The first kappa shape index (κ1) is 39.8. The van der Waals surface area contributed by atoms with Gasteiger partial charge in [0, 0.05) is 19.6 Å². The third-order valence-electron chi connectivity index (χ3n) is 12.5. The highest BCUT2D eigenvalue weighted by Gasteiger charge is 2.59. The van der Waals surface area contributed by atoms with Crippen molar-refractivity contribution in [3.8, 4) is 0 Å². The average molecular weight is 700 g/mol. The van der Waals surface area contributed by atoms with Crippen molar-refractivity contribution in [1.29, 1.82) is 0 Å². The summed E-state index contributed by atoms with van der Waals surface area (Å²) < 4.78 is 36.9. The van der Waals surface area contributed by atoms with E-state index < -0.39 is 7.82 Å². The molecule has 0 aromatic heterocycles. The Bertz CT molecular complexity index is 1080. The van der Waals surface area contributed by atoms with Crippen LogP contribution < -0.4 is 5.32 Å². The average Bonchev–Trinajstić information content (AvgIpc) is 3.38. The van der Waals surface area contributed by atoms with Gasteiger partial charge in [-0.1, -0.05) is 65.5 Å². The van der Waals surface area contributed by atoms with Crippen LogP contribution >= 0.6 is 7.82 Å². The van der Waals surface area contributed by atoms with Gasteiger partial charge in [-0.2, -0.15) is 0 Å². The number of rotatable bonds is 20. The Hall–Kier alpha value is -1.00. The Balaban J connectivity index is 1.10. The monoisotopic (exact) mass is 699 g/mol. The standard InChI is InChI=1S/C37H66NO9P/c1-27(2)8-6-9-28(3)32-12-13-33-31-11-10-29-26-30(14-16-36(29,4)34(31)15-17-37(32,33)5)47-35(39)38-18-7-19-43-20-21-44-22-23-45-24-25-46-48(40,41)42/h10,27-28,30-34H,6-9,11-26H2,1-5H3,(H,38,39)(H2,40,41,42). The first-order valence-electron chi connectivity index (χ1n) is 18.9. The van der Waals surface area contributed by atoms with E-state index in [-0.39, 0.29) is 30.8 Å². The molecule has 0 aliphatic heterocycles. The van der Waals surface area contributed by atoms with E-state index in [1.807, 2.05) is 0 Å². The van der Waals surface area contributed by atoms with Gasteiger partial charge in [-0.15, -0.1) is 0 Å². The van der Waals surface area contributed by atoms with Crippen molar-refractivity contribution >= 4 is 13.9 Å². The molecule has 4 rings (SSSR count). The van der Waals surface area contributed by atoms with Gasteiger partial charge < -0.3 is 34.1 Å². The predicted molar refractivity (Wildman–Crippen MR) is 186 cm³/mol. The quantitative estimate of drug-likeness (QED) is 0.0665. The van der Waals surface area contributed by atoms with Crippen molar-refractivity contribution < 1.29 is 42.6 Å². The Morgan fingerprint density at radius 2 is 1.58 bits per heavy atom. The van der Waals surface area contributed by atoms with Gasteiger partial charge in [-0.3, -0.25) is 4.52 Å². The number of fused-ring (bicyclic) bond motifs is 5. The highest BCUT2D eigenvalue weighted by Crippen LogP contribution is 2.67. The van der Waals surface area contributed by atoms with Gasteiger partial charge in [0.05, 0.1) is 39.6 Å². The fraction of sp³-hybridized carbons (Fsp3) is 0.919. The predicted octanol–water partition coefficient (Wildman–Crippen LogP) is 7.67. The first-order valence-corrected chi connectivity index (χ1v) is 20.4. The van der Waals surface area contributed by atoms with E-state index in [0.717, 1.165) is 54.8 Å².